The second kappa shape index (κ2) is 17.1. The maximum atomic E-state index is 13.9. The van der Waals surface area contributed by atoms with Gasteiger partial charge in [0.25, 0.3) is 0 Å². The Hall–Kier alpha value is -6.49. The highest BCUT2D eigenvalue weighted by Crippen LogP contribution is 2.55. The van der Waals surface area contributed by atoms with E-state index in [0.29, 0.717) is 25.2 Å². The van der Waals surface area contributed by atoms with E-state index < -0.39 is 30.3 Å². The number of imidazole rings is 1. The number of ether oxygens (including phenoxy) is 2. The van der Waals surface area contributed by atoms with E-state index in [1.54, 1.807) is 11.1 Å². The number of aliphatic imine (C=N–C) groups is 1. The topological polar surface area (TPSA) is 182 Å². The molecule has 14 heteroatoms. The number of allylic oxidation sites excluding steroid dienone is 1. The summed E-state index contributed by atoms with van der Waals surface area (Å²) in [6, 6.07) is 21.5. The zero-order valence-electron chi connectivity index (χ0n) is 36.1. The van der Waals surface area contributed by atoms with Crippen LogP contribution in [0, 0.1) is 34.5 Å². The van der Waals surface area contributed by atoms with Crippen LogP contribution in [-0.4, -0.2) is 94.9 Å². The summed E-state index contributed by atoms with van der Waals surface area (Å²) in [4.78, 5) is 68.4. The lowest BCUT2D eigenvalue weighted by Crippen LogP contribution is -2.53. The van der Waals surface area contributed by atoms with Crippen molar-refractivity contribution in [3.05, 3.63) is 84.4 Å². The van der Waals surface area contributed by atoms with Gasteiger partial charge in [0.1, 0.15) is 17.9 Å². The van der Waals surface area contributed by atoms with Gasteiger partial charge >= 0.3 is 12.2 Å². The predicted molar refractivity (Wildman–Crippen MR) is 235 cm³/mol. The number of amides is 4. The number of nitrogens with one attached hydrogen (secondary N) is 3. The van der Waals surface area contributed by atoms with Gasteiger partial charge in [-0.2, -0.15) is 5.26 Å². The molecule has 4 aromatic rings. The molecule has 3 fully saturated rings. The van der Waals surface area contributed by atoms with Crippen molar-refractivity contribution in [3.63, 3.8) is 0 Å². The molecule has 4 heterocycles. The summed E-state index contributed by atoms with van der Waals surface area (Å²) >= 11 is 0. The third-order valence-corrected chi connectivity index (χ3v) is 13.1. The molecule has 1 aliphatic carbocycles. The fourth-order valence-electron chi connectivity index (χ4n) is 9.26. The molecule has 3 N–H and O–H groups in total. The first-order valence-electron chi connectivity index (χ1n) is 21.5. The van der Waals surface area contributed by atoms with Gasteiger partial charge in [-0.1, -0.05) is 76.2 Å². The SMILES string of the molecule is COC(=O)N[C@H](C(=O)N1CC2(CC2)C[C@H]1C1=NC=C(c2ccc(-c3ccc4cc(-c5cnc([C@@H]6C[C@H](C#N)CN6C(=O)[C@@H](NC(=O)OC)C(C)C)[nH]5)ccc4c3)cc2)C1)C(C)C. The van der Waals surface area contributed by atoms with Crippen molar-refractivity contribution in [3.8, 4) is 28.5 Å². The third-order valence-electron chi connectivity index (χ3n) is 13.1. The minimum atomic E-state index is -0.806. The maximum Gasteiger partial charge on any atom is 0.407 e. The highest BCUT2D eigenvalue weighted by molar-refractivity contribution is 6.04. The number of nitrogens with zero attached hydrogens (tertiary/aromatic N) is 5. The minimum Gasteiger partial charge on any atom is -0.453 e. The molecule has 3 aromatic carbocycles. The van der Waals surface area contributed by atoms with Crippen LogP contribution in [0.1, 0.15) is 77.2 Å². The summed E-state index contributed by atoms with van der Waals surface area (Å²) in [5, 5.41) is 17.3. The molecule has 0 radical (unpaired) electrons. The third kappa shape index (κ3) is 8.40. The molecule has 8 rings (SSSR count). The molecule has 322 valence electrons. The monoisotopic (exact) mass is 838 g/mol. The maximum absolute atomic E-state index is 13.9. The van der Waals surface area contributed by atoms with Crippen molar-refractivity contribution in [1.82, 2.24) is 30.4 Å². The predicted octanol–water partition coefficient (Wildman–Crippen LogP) is 7.64. The van der Waals surface area contributed by atoms with Crippen molar-refractivity contribution < 1.29 is 28.7 Å². The molecule has 2 saturated heterocycles. The van der Waals surface area contributed by atoms with E-state index in [9.17, 15) is 24.4 Å². The zero-order valence-corrected chi connectivity index (χ0v) is 36.1. The standard InChI is InChI=1S/C48H54N8O6/c1-27(2)41(53-46(59)61-5)44(57)55-25-29(22-49)17-39(55)43-51-24-38(52-43)35-14-13-33-18-32(11-12-34(33)19-35)30-7-9-31(10-8-30)36-20-37(50-23-36)40-21-48(15-16-48)26-56(40)45(58)42(28(3)4)54-47(60)62-6/h7-14,18-19,23-24,27-29,39-42H,15-17,20-21,25-26H2,1-6H3,(H,51,52)(H,53,59)(H,54,60)/t29-,39+,40+,41+,42+/m1/s1. The van der Waals surface area contributed by atoms with Crippen LogP contribution in [0.15, 0.2) is 78.1 Å². The first kappa shape index (κ1) is 42.2. The number of nitriles is 1. The van der Waals surface area contributed by atoms with Crippen LogP contribution in [0.4, 0.5) is 9.59 Å². The van der Waals surface area contributed by atoms with E-state index in [2.05, 4.69) is 81.3 Å². The second-order valence-electron chi connectivity index (χ2n) is 18.0. The van der Waals surface area contributed by atoms with Crippen LogP contribution in [0.5, 0.6) is 0 Å². The Morgan fingerprint density at radius 2 is 1.39 bits per heavy atom. The summed E-state index contributed by atoms with van der Waals surface area (Å²) in [5.41, 5.74) is 7.27. The molecule has 0 unspecified atom stereocenters. The van der Waals surface area contributed by atoms with E-state index in [1.807, 2.05) is 44.9 Å². The van der Waals surface area contributed by atoms with E-state index in [4.69, 9.17) is 14.5 Å². The number of hydrogen-bond donors (Lipinski definition) is 3. The number of H-pyrrole nitrogens is 1. The number of hydrogen-bond acceptors (Lipinski definition) is 9. The quantitative estimate of drug-likeness (QED) is 0.138. The molecule has 4 aliphatic rings. The Morgan fingerprint density at radius 1 is 0.806 bits per heavy atom. The van der Waals surface area contributed by atoms with Crippen molar-refractivity contribution >= 4 is 46.1 Å². The first-order chi connectivity index (χ1) is 29.8. The van der Waals surface area contributed by atoms with Gasteiger partial charge in [-0.15, -0.1) is 0 Å². The van der Waals surface area contributed by atoms with Crippen molar-refractivity contribution in [2.45, 2.75) is 84.0 Å². The van der Waals surface area contributed by atoms with Gasteiger partial charge in [0.2, 0.25) is 11.8 Å². The molecule has 1 spiro atoms. The molecular formula is C48H54N8O6. The van der Waals surface area contributed by atoms with Crippen LogP contribution >= 0.6 is 0 Å². The first-order valence-corrected chi connectivity index (χ1v) is 21.5. The molecule has 14 nitrogen and oxygen atoms in total. The smallest absolute Gasteiger partial charge is 0.407 e. The molecule has 5 atom stereocenters. The van der Waals surface area contributed by atoms with Crippen molar-refractivity contribution in [2.75, 3.05) is 27.3 Å². The van der Waals surface area contributed by atoms with Gasteiger partial charge in [-0.05, 0) is 88.1 Å². The molecule has 3 aliphatic heterocycles. The van der Waals surface area contributed by atoms with Gasteiger partial charge in [0, 0.05) is 37.0 Å². The Morgan fingerprint density at radius 3 is 1.98 bits per heavy atom. The van der Waals surface area contributed by atoms with Gasteiger partial charge in [0.05, 0.1) is 50.2 Å². The molecule has 62 heavy (non-hydrogen) atoms. The Labute approximate surface area is 361 Å². The summed E-state index contributed by atoms with van der Waals surface area (Å²) in [7, 11) is 2.57. The Kier molecular flexibility index (Phi) is 11.6. The number of likely N-dealkylation sites (tertiary alicyclic amines) is 2. The lowest BCUT2D eigenvalue weighted by molar-refractivity contribution is -0.136. The summed E-state index contributed by atoms with van der Waals surface area (Å²) in [6.45, 7) is 8.51. The number of benzene rings is 3. The number of fused-ring (bicyclic) bond motifs is 1. The highest BCUT2D eigenvalue weighted by Gasteiger charge is 2.55. The number of rotatable bonds is 11. The largest absolute Gasteiger partial charge is 0.453 e. The number of carbonyl (C=O) groups excluding carboxylic acids is 4. The average molecular weight is 839 g/mol. The van der Waals surface area contributed by atoms with Crippen molar-refractivity contribution in [1.29, 1.82) is 5.26 Å². The van der Waals surface area contributed by atoms with E-state index in [1.165, 1.54) is 14.2 Å². The number of alkyl carbamates (subject to hydrolysis) is 2. The summed E-state index contributed by atoms with van der Waals surface area (Å²) < 4.78 is 9.59. The lowest BCUT2D eigenvalue weighted by atomic mass is 9.94. The lowest BCUT2D eigenvalue weighted by Gasteiger charge is -2.31. The molecule has 0 bridgehead atoms. The second-order valence-corrected chi connectivity index (χ2v) is 18.0. The highest BCUT2D eigenvalue weighted by atomic mass is 16.5. The van der Waals surface area contributed by atoms with Gasteiger partial charge in [0.15, 0.2) is 0 Å². The molecule has 1 aromatic heterocycles. The van der Waals surface area contributed by atoms with Crippen LogP contribution in [0.3, 0.4) is 0 Å². The van der Waals surface area contributed by atoms with Crippen molar-refractivity contribution in [2.24, 2.45) is 28.2 Å². The Balaban J connectivity index is 0.935. The number of carbonyl (C=O) groups is 4. The summed E-state index contributed by atoms with van der Waals surface area (Å²) in [6.07, 6.45) is 6.63. The zero-order chi connectivity index (χ0) is 43.9. The van der Waals surface area contributed by atoms with Gasteiger partial charge in [-0.3, -0.25) is 14.6 Å². The van der Waals surface area contributed by atoms with Crippen LogP contribution in [0.2, 0.25) is 0 Å². The van der Waals surface area contributed by atoms with Gasteiger partial charge in [-0.25, -0.2) is 14.6 Å². The molecule has 1 saturated carbocycles. The Bertz CT molecular complexity index is 2500. The minimum absolute atomic E-state index is 0.0777. The summed E-state index contributed by atoms with van der Waals surface area (Å²) in [5.74, 6) is -0.410. The molecule has 4 amide bonds. The van der Waals surface area contributed by atoms with E-state index in [-0.39, 0.29) is 47.6 Å². The fraction of sp³-hybridized carbons (Fsp3) is 0.438. The fourth-order valence-corrected chi connectivity index (χ4v) is 9.26. The number of aromatic amines is 1. The normalized spacial score (nSPS) is 21.1. The van der Waals surface area contributed by atoms with Crippen LogP contribution in [0.25, 0.3) is 38.7 Å². The number of aromatic nitrogens is 2. The van der Waals surface area contributed by atoms with Crippen LogP contribution in [-0.2, 0) is 19.1 Å². The number of methoxy groups -OCH3 is 2. The van der Waals surface area contributed by atoms with Gasteiger partial charge < -0.3 is 34.9 Å². The van der Waals surface area contributed by atoms with E-state index in [0.717, 1.165) is 69.3 Å². The molecular weight excluding hydrogens is 785 g/mol. The van der Waals surface area contributed by atoms with E-state index >= 15 is 0 Å². The van der Waals surface area contributed by atoms with Crippen LogP contribution < -0.4 is 10.6 Å². The average Bonchev–Trinajstić information content (AvgIpc) is 3.78.